The van der Waals surface area contributed by atoms with Gasteiger partial charge < -0.3 is 14.0 Å². The van der Waals surface area contributed by atoms with E-state index in [1.165, 1.54) is 16.9 Å². The molecular weight excluding hydrogens is 200 g/mol. The van der Waals surface area contributed by atoms with E-state index >= 15 is 0 Å². The molecule has 0 saturated carbocycles. The Kier molecular flexibility index (Phi) is 2.33. The summed E-state index contributed by atoms with van der Waals surface area (Å²) in [5.41, 5.74) is 2.63. The average Bonchev–Trinajstić information content (AvgIpc) is 2.69. The lowest BCUT2D eigenvalue weighted by atomic mass is 10.3. The van der Waals surface area contributed by atoms with Crippen LogP contribution in [0.15, 0.2) is 30.5 Å². The smallest absolute Gasteiger partial charge is 0.113 e. The quantitative estimate of drug-likeness (QED) is 0.726. The van der Waals surface area contributed by atoms with Crippen molar-refractivity contribution in [2.24, 2.45) is 0 Å². The van der Waals surface area contributed by atoms with Gasteiger partial charge in [-0.3, -0.25) is 0 Å². The third-order valence-corrected chi connectivity index (χ3v) is 3.19. The lowest BCUT2D eigenvalue weighted by molar-refractivity contribution is 0.122. The van der Waals surface area contributed by atoms with Crippen molar-refractivity contribution < 1.29 is 4.74 Å². The van der Waals surface area contributed by atoms with E-state index in [4.69, 9.17) is 4.74 Å². The van der Waals surface area contributed by atoms with Gasteiger partial charge >= 0.3 is 0 Å². The highest BCUT2D eigenvalue weighted by atomic mass is 16.5. The number of aromatic nitrogens is 1. The zero-order valence-electron chi connectivity index (χ0n) is 9.52. The Labute approximate surface area is 95.2 Å². The molecule has 1 aliphatic heterocycles. The van der Waals surface area contributed by atoms with Crippen LogP contribution in [-0.2, 0) is 4.74 Å². The van der Waals surface area contributed by atoms with Crippen LogP contribution in [0, 0.1) is 6.92 Å². The predicted molar refractivity (Wildman–Crippen MR) is 65.2 cm³/mol. The average molecular weight is 216 g/mol. The molecule has 0 amide bonds. The molecule has 1 saturated heterocycles. The van der Waals surface area contributed by atoms with E-state index in [2.05, 4.69) is 46.7 Å². The maximum absolute atomic E-state index is 5.39. The fourth-order valence-electron chi connectivity index (χ4n) is 2.34. The Hall–Kier alpha value is -1.48. The maximum atomic E-state index is 5.39. The van der Waals surface area contributed by atoms with E-state index in [0.29, 0.717) is 0 Å². The largest absolute Gasteiger partial charge is 0.378 e. The van der Waals surface area contributed by atoms with E-state index < -0.39 is 0 Å². The van der Waals surface area contributed by atoms with Crippen molar-refractivity contribution in [2.45, 2.75) is 6.92 Å². The summed E-state index contributed by atoms with van der Waals surface area (Å²) in [7, 11) is 0. The minimum Gasteiger partial charge on any atom is -0.378 e. The Morgan fingerprint density at radius 1 is 1.19 bits per heavy atom. The van der Waals surface area contributed by atoms with Gasteiger partial charge in [-0.05, 0) is 30.7 Å². The Morgan fingerprint density at radius 3 is 2.81 bits per heavy atom. The van der Waals surface area contributed by atoms with Crippen LogP contribution in [0.2, 0.25) is 0 Å². The van der Waals surface area contributed by atoms with Gasteiger partial charge in [-0.2, -0.15) is 0 Å². The number of ether oxygens (including phenoxy) is 1. The second-order valence-corrected chi connectivity index (χ2v) is 4.24. The number of fused-ring (bicyclic) bond motifs is 1. The van der Waals surface area contributed by atoms with E-state index in [-0.39, 0.29) is 0 Å². The van der Waals surface area contributed by atoms with Gasteiger partial charge in [0.15, 0.2) is 0 Å². The summed E-state index contributed by atoms with van der Waals surface area (Å²) in [6, 6.07) is 8.60. The predicted octanol–water partition coefficient (Wildman–Crippen LogP) is 2.08. The molecule has 0 atom stereocenters. The zero-order chi connectivity index (χ0) is 11.0. The lowest BCUT2D eigenvalue weighted by Gasteiger charge is -2.28. The maximum Gasteiger partial charge on any atom is 0.113 e. The van der Waals surface area contributed by atoms with E-state index in [1.54, 1.807) is 0 Å². The molecule has 1 aliphatic rings. The van der Waals surface area contributed by atoms with Crippen LogP contribution in [0.3, 0.4) is 0 Å². The first-order chi connectivity index (χ1) is 7.86. The number of pyridine rings is 1. The Bertz CT molecular complexity index is 498. The van der Waals surface area contributed by atoms with Gasteiger partial charge in [-0.1, -0.05) is 6.07 Å². The number of aryl methyl sites for hydroxylation is 1. The molecule has 0 unspecified atom stereocenters. The summed E-state index contributed by atoms with van der Waals surface area (Å²) in [4.78, 5) is 2.39. The van der Waals surface area contributed by atoms with Gasteiger partial charge in [0.1, 0.15) is 5.82 Å². The fraction of sp³-hybridized carbons (Fsp3) is 0.385. The molecule has 84 valence electrons. The molecule has 3 heteroatoms. The monoisotopic (exact) mass is 216 g/mol. The zero-order valence-corrected chi connectivity index (χ0v) is 9.52. The van der Waals surface area contributed by atoms with Crippen molar-refractivity contribution in [3.05, 3.63) is 36.0 Å². The normalized spacial score (nSPS) is 16.9. The van der Waals surface area contributed by atoms with Crippen molar-refractivity contribution in [1.82, 2.24) is 4.40 Å². The van der Waals surface area contributed by atoms with Crippen LogP contribution in [0.5, 0.6) is 0 Å². The number of anilines is 1. The highest BCUT2D eigenvalue weighted by molar-refractivity contribution is 5.64. The molecule has 0 spiro atoms. The van der Waals surface area contributed by atoms with Gasteiger partial charge in [-0.25, -0.2) is 0 Å². The topological polar surface area (TPSA) is 16.9 Å². The molecule has 2 aromatic heterocycles. The van der Waals surface area contributed by atoms with Crippen molar-refractivity contribution in [3.63, 3.8) is 0 Å². The van der Waals surface area contributed by atoms with Crippen LogP contribution >= 0.6 is 0 Å². The highest BCUT2D eigenvalue weighted by Crippen LogP contribution is 2.23. The number of hydrogen-bond donors (Lipinski definition) is 0. The van der Waals surface area contributed by atoms with Crippen molar-refractivity contribution in [2.75, 3.05) is 31.2 Å². The van der Waals surface area contributed by atoms with Crippen LogP contribution in [0.25, 0.3) is 5.52 Å². The van der Waals surface area contributed by atoms with Gasteiger partial charge in [0.25, 0.3) is 0 Å². The lowest BCUT2D eigenvalue weighted by Crippen LogP contribution is -2.36. The molecule has 0 aromatic carbocycles. The van der Waals surface area contributed by atoms with Gasteiger partial charge in [0.2, 0.25) is 0 Å². The summed E-state index contributed by atoms with van der Waals surface area (Å²) >= 11 is 0. The van der Waals surface area contributed by atoms with Crippen molar-refractivity contribution in [3.8, 4) is 0 Å². The first kappa shape index (κ1) is 9.73. The van der Waals surface area contributed by atoms with E-state index in [1.807, 2.05) is 0 Å². The van der Waals surface area contributed by atoms with Crippen LogP contribution in [0.1, 0.15) is 5.56 Å². The first-order valence-corrected chi connectivity index (χ1v) is 5.75. The van der Waals surface area contributed by atoms with Crippen molar-refractivity contribution in [1.29, 1.82) is 0 Å². The Balaban J connectivity index is 2.08. The van der Waals surface area contributed by atoms with E-state index in [9.17, 15) is 0 Å². The second-order valence-electron chi connectivity index (χ2n) is 4.24. The summed E-state index contributed by atoms with van der Waals surface area (Å²) in [6.07, 6.45) is 2.13. The summed E-state index contributed by atoms with van der Waals surface area (Å²) in [5.74, 6) is 1.29. The number of nitrogens with zero attached hydrogens (tertiary/aromatic N) is 2. The van der Waals surface area contributed by atoms with Gasteiger partial charge in [-0.15, -0.1) is 0 Å². The molecule has 0 aliphatic carbocycles. The summed E-state index contributed by atoms with van der Waals surface area (Å²) < 4.78 is 7.65. The van der Waals surface area contributed by atoms with Crippen LogP contribution in [-0.4, -0.2) is 30.7 Å². The van der Waals surface area contributed by atoms with Crippen LogP contribution in [0.4, 0.5) is 5.82 Å². The molecule has 0 radical (unpaired) electrons. The number of morpholine rings is 1. The summed E-state index contributed by atoms with van der Waals surface area (Å²) in [6.45, 7) is 5.80. The summed E-state index contributed by atoms with van der Waals surface area (Å²) in [5, 5.41) is 0. The molecule has 16 heavy (non-hydrogen) atoms. The second kappa shape index (κ2) is 3.83. The first-order valence-electron chi connectivity index (χ1n) is 5.75. The molecule has 0 N–H and O–H groups in total. The van der Waals surface area contributed by atoms with E-state index in [0.717, 1.165) is 26.3 Å². The third-order valence-electron chi connectivity index (χ3n) is 3.19. The highest BCUT2D eigenvalue weighted by Gasteiger charge is 2.15. The molecule has 1 fully saturated rings. The minimum atomic E-state index is 0.832. The van der Waals surface area contributed by atoms with Crippen LogP contribution < -0.4 is 4.90 Å². The molecular formula is C13H16N2O. The fourth-order valence-corrected chi connectivity index (χ4v) is 2.34. The molecule has 3 heterocycles. The molecule has 0 bridgehead atoms. The molecule has 3 rings (SSSR count). The van der Waals surface area contributed by atoms with Gasteiger partial charge in [0, 0.05) is 24.8 Å². The van der Waals surface area contributed by atoms with Crippen molar-refractivity contribution >= 4 is 11.3 Å². The SMILES string of the molecule is Cc1cc(N2CCOCC2)n2ccccc12. The number of rotatable bonds is 1. The minimum absolute atomic E-state index is 0.832. The standard InChI is InChI=1S/C13H16N2O/c1-11-10-13(14-6-8-16-9-7-14)15-5-3-2-4-12(11)15/h2-5,10H,6-9H2,1H3. The van der Waals surface area contributed by atoms with Gasteiger partial charge in [0.05, 0.1) is 13.2 Å². The molecule has 2 aromatic rings. The Morgan fingerprint density at radius 2 is 2.00 bits per heavy atom. The molecule has 3 nitrogen and oxygen atoms in total. The number of hydrogen-bond acceptors (Lipinski definition) is 2. The third kappa shape index (κ3) is 1.48.